The molecule has 1 saturated heterocycles. The third-order valence-electron chi connectivity index (χ3n) is 2.01. The Morgan fingerprint density at radius 3 is 3.00 bits per heavy atom. The number of cyclic esters (lactones) is 2. The highest BCUT2D eigenvalue weighted by atomic mass is 32.1. The summed E-state index contributed by atoms with van der Waals surface area (Å²) < 4.78 is 9.83. The molecule has 3 nitrogen and oxygen atoms in total. The van der Waals surface area contributed by atoms with Crippen LogP contribution in [0.3, 0.4) is 0 Å². The van der Waals surface area contributed by atoms with Crippen molar-refractivity contribution in [1.29, 1.82) is 0 Å². The molecule has 1 aromatic rings. The summed E-state index contributed by atoms with van der Waals surface area (Å²) >= 11 is 1.55. The van der Waals surface area contributed by atoms with E-state index >= 15 is 0 Å². The number of rotatable bonds is 2. The molecule has 0 bridgehead atoms. The van der Waals surface area contributed by atoms with Crippen molar-refractivity contribution in [3.8, 4) is 0 Å². The first kappa shape index (κ1) is 8.31. The number of hydrogen-bond donors (Lipinski definition) is 0. The summed E-state index contributed by atoms with van der Waals surface area (Å²) in [5, 5.41) is 3.84. The van der Waals surface area contributed by atoms with Crippen molar-refractivity contribution in [2.45, 2.75) is 5.60 Å². The maximum absolute atomic E-state index is 10.8. The Balaban J connectivity index is 2.37. The van der Waals surface area contributed by atoms with Crippen LogP contribution in [0.15, 0.2) is 29.5 Å². The van der Waals surface area contributed by atoms with Crippen LogP contribution in [0.2, 0.25) is 0 Å². The lowest BCUT2D eigenvalue weighted by atomic mass is 9.98. The Hall–Kier alpha value is -1.29. The second-order valence-corrected chi connectivity index (χ2v) is 3.53. The largest absolute Gasteiger partial charge is 0.509 e. The highest BCUT2D eigenvalue weighted by molar-refractivity contribution is 7.08. The fourth-order valence-electron chi connectivity index (χ4n) is 1.24. The van der Waals surface area contributed by atoms with E-state index in [0.29, 0.717) is 0 Å². The molecular formula is C9H8O3S. The van der Waals surface area contributed by atoms with Crippen LogP contribution in [0.25, 0.3) is 0 Å². The highest BCUT2D eigenvalue weighted by Gasteiger charge is 2.41. The summed E-state index contributed by atoms with van der Waals surface area (Å²) in [6.07, 6.45) is 0.964. The van der Waals surface area contributed by atoms with Crippen LogP contribution >= 0.6 is 11.3 Å². The number of carbonyl (C=O) groups is 1. The fourth-order valence-corrected chi connectivity index (χ4v) is 1.97. The van der Waals surface area contributed by atoms with Gasteiger partial charge in [0.1, 0.15) is 6.61 Å². The lowest BCUT2D eigenvalue weighted by Gasteiger charge is -2.18. The van der Waals surface area contributed by atoms with Gasteiger partial charge in [-0.3, -0.25) is 0 Å². The minimum absolute atomic E-state index is 0.214. The predicted molar refractivity (Wildman–Crippen MR) is 48.6 cm³/mol. The molecular weight excluding hydrogens is 188 g/mol. The van der Waals surface area contributed by atoms with Gasteiger partial charge in [0.25, 0.3) is 0 Å². The molecule has 1 aliphatic heterocycles. The van der Waals surface area contributed by atoms with Crippen molar-refractivity contribution >= 4 is 17.5 Å². The fraction of sp³-hybridized carbons (Fsp3) is 0.222. The second kappa shape index (κ2) is 2.88. The molecule has 1 aromatic heterocycles. The number of hydrogen-bond acceptors (Lipinski definition) is 4. The first-order valence-corrected chi connectivity index (χ1v) is 4.73. The van der Waals surface area contributed by atoms with Gasteiger partial charge >= 0.3 is 6.16 Å². The summed E-state index contributed by atoms with van der Waals surface area (Å²) in [7, 11) is 0. The van der Waals surface area contributed by atoms with Crippen LogP contribution in [-0.4, -0.2) is 12.8 Å². The minimum atomic E-state index is -0.767. The molecule has 0 unspecified atom stereocenters. The van der Waals surface area contributed by atoms with E-state index < -0.39 is 11.8 Å². The van der Waals surface area contributed by atoms with Gasteiger partial charge in [-0.2, -0.15) is 11.3 Å². The molecule has 0 radical (unpaired) electrons. The van der Waals surface area contributed by atoms with Gasteiger partial charge in [0, 0.05) is 5.56 Å². The van der Waals surface area contributed by atoms with E-state index in [1.807, 2.05) is 16.8 Å². The quantitative estimate of drug-likeness (QED) is 0.537. The first-order chi connectivity index (χ1) is 6.27. The van der Waals surface area contributed by atoms with Gasteiger partial charge in [-0.25, -0.2) is 4.79 Å². The van der Waals surface area contributed by atoms with Crippen molar-refractivity contribution in [2.75, 3.05) is 6.61 Å². The van der Waals surface area contributed by atoms with Gasteiger partial charge in [0.2, 0.25) is 0 Å². The van der Waals surface area contributed by atoms with Gasteiger partial charge in [-0.05, 0) is 22.9 Å². The average molecular weight is 196 g/mol. The zero-order valence-corrected chi connectivity index (χ0v) is 7.67. The number of ether oxygens (including phenoxy) is 2. The van der Waals surface area contributed by atoms with E-state index in [4.69, 9.17) is 9.47 Å². The van der Waals surface area contributed by atoms with Gasteiger partial charge in [0.15, 0.2) is 5.60 Å². The van der Waals surface area contributed by atoms with Crippen LogP contribution in [0.5, 0.6) is 0 Å². The van der Waals surface area contributed by atoms with Crippen molar-refractivity contribution in [3.63, 3.8) is 0 Å². The Bertz CT molecular complexity index is 331. The molecule has 2 heterocycles. The molecule has 0 aliphatic carbocycles. The second-order valence-electron chi connectivity index (χ2n) is 2.75. The molecule has 0 N–H and O–H groups in total. The zero-order valence-electron chi connectivity index (χ0n) is 6.86. The molecule has 0 saturated carbocycles. The van der Waals surface area contributed by atoms with E-state index in [9.17, 15) is 4.79 Å². The van der Waals surface area contributed by atoms with Crippen LogP contribution in [0.4, 0.5) is 4.79 Å². The third kappa shape index (κ3) is 1.23. The Morgan fingerprint density at radius 2 is 2.54 bits per heavy atom. The molecule has 0 aromatic carbocycles. The molecule has 13 heavy (non-hydrogen) atoms. The summed E-state index contributed by atoms with van der Waals surface area (Å²) in [5.74, 6) is 0. The lowest BCUT2D eigenvalue weighted by molar-refractivity contribution is 0.0890. The van der Waals surface area contributed by atoms with E-state index in [1.165, 1.54) is 0 Å². The molecule has 0 spiro atoms. The van der Waals surface area contributed by atoms with Crippen LogP contribution in [0.1, 0.15) is 5.56 Å². The summed E-state index contributed by atoms with van der Waals surface area (Å²) in [5.41, 5.74) is 0.148. The van der Waals surface area contributed by atoms with E-state index in [0.717, 1.165) is 5.56 Å². The van der Waals surface area contributed by atoms with Crippen LogP contribution in [-0.2, 0) is 15.1 Å². The lowest BCUT2D eigenvalue weighted by Crippen LogP contribution is -2.24. The van der Waals surface area contributed by atoms with Crippen molar-refractivity contribution < 1.29 is 14.3 Å². The Kier molecular flexibility index (Phi) is 1.84. The van der Waals surface area contributed by atoms with Gasteiger partial charge in [0.05, 0.1) is 0 Å². The highest BCUT2D eigenvalue weighted by Crippen LogP contribution is 2.33. The number of carbonyl (C=O) groups excluding carboxylic acids is 1. The predicted octanol–water partition coefficient (Wildman–Crippen LogP) is 2.30. The Labute approximate surface area is 79.6 Å². The smallest absolute Gasteiger partial charge is 0.429 e. The standard InChI is InChI=1S/C9H8O3S/c1-2-9(6-11-8(10)12-9)7-3-4-13-5-7/h2-5H,1,6H2/t9-/m0/s1. The normalized spacial score (nSPS) is 26.6. The van der Waals surface area contributed by atoms with E-state index in [1.54, 1.807) is 17.4 Å². The molecule has 1 atom stereocenters. The summed E-state index contributed by atoms with van der Waals surface area (Å²) in [6.45, 7) is 3.87. The maximum atomic E-state index is 10.8. The monoisotopic (exact) mass is 196 g/mol. The van der Waals surface area contributed by atoms with E-state index in [-0.39, 0.29) is 6.61 Å². The first-order valence-electron chi connectivity index (χ1n) is 3.79. The van der Waals surface area contributed by atoms with Crippen molar-refractivity contribution in [1.82, 2.24) is 0 Å². The van der Waals surface area contributed by atoms with Crippen molar-refractivity contribution in [2.24, 2.45) is 0 Å². The molecule has 0 amide bonds. The maximum Gasteiger partial charge on any atom is 0.509 e. The molecule has 1 fully saturated rings. The minimum Gasteiger partial charge on any atom is -0.429 e. The van der Waals surface area contributed by atoms with Gasteiger partial charge in [-0.15, -0.1) is 0 Å². The molecule has 68 valence electrons. The van der Waals surface area contributed by atoms with Crippen molar-refractivity contribution in [3.05, 3.63) is 35.0 Å². The number of thiophene rings is 1. The molecule has 2 rings (SSSR count). The van der Waals surface area contributed by atoms with Gasteiger partial charge < -0.3 is 9.47 Å². The third-order valence-corrected chi connectivity index (χ3v) is 2.69. The van der Waals surface area contributed by atoms with Gasteiger partial charge in [-0.1, -0.05) is 6.58 Å². The average Bonchev–Trinajstić information content (AvgIpc) is 2.73. The topological polar surface area (TPSA) is 35.5 Å². The Morgan fingerprint density at radius 1 is 1.69 bits per heavy atom. The summed E-state index contributed by atoms with van der Waals surface area (Å²) in [4.78, 5) is 10.8. The van der Waals surface area contributed by atoms with Crippen LogP contribution < -0.4 is 0 Å². The molecule has 1 aliphatic rings. The SMILES string of the molecule is C=C[C@@]1(c2ccsc2)COC(=O)O1. The van der Waals surface area contributed by atoms with E-state index in [2.05, 4.69) is 6.58 Å². The zero-order chi connectivity index (χ0) is 9.31. The van der Waals surface area contributed by atoms with Crippen LogP contribution in [0, 0.1) is 0 Å². The molecule has 4 heteroatoms. The summed E-state index contributed by atoms with van der Waals surface area (Å²) in [6, 6.07) is 1.90.